The zero-order chi connectivity index (χ0) is 32.3. The monoisotopic (exact) mass is 627 g/mol. The molecule has 3 nitrogen and oxygen atoms in total. The van der Waals surface area contributed by atoms with Gasteiger partial charge in [-0.2, -0.15) is 0 Å². The van der Waals surface area contributed by atoms with Crippen LogP contribution >= 0.6 is 0 Å². The first-order chi connectivity index (χ1) is 24.3. The quantitative estimate of drug-likeness (QED) is 0.190. The fourth-order valence-electron chi connectivity index (χ4n) is 7.34. The predicted molar refractivity (Wildman–Crippen MR) is 204 cm³/mol. The van der Waals surface area contributed by atoms with E-state index in [4.69, 9.17) is 8.83 Å². The van der Waals surface area contributed by atoms with E-state index in [0.29, 0.717) is 0 Å². The maximum atomic E-state index is 6.47. The number of rotatable bonds is 5. The van der Waals surface area contributed by atoms with E-state index in [0.717, 1.165) is 72.1 Å². The first kappa shape index (κ1) is 27.5. The van der Waals surface area contributed by atoms with Crippen molar-refractivity contribution >= 4 is 71.7 Å². The molecular weight excluding hydrogens is 599 g/mol. The summed E-state index contributed by atoms with van der Waals surface area (Å²) in [4.78, 5) is 2.35. The lowest BCUT2D eigenvalue weighted by Gasteiger charge is -2.28. The average Bonchev–Trinajstić information content (AvgIpc) is 3.73. The van der Waals surface area contributed by atoms with Gasteiger partial charge in [-0.15, -0.1) is 0 Å². The topological polar surface area (TPSA) is 29.5 Å². The zero-order valence-corrected chi connectivity index (χ0v) is 26.5. The number of benzene rings is 8. The minimum atomic E-state index is 0.853. The van der Waals surface area contributed by atoms with Crippen molar-refractivity contribution in [1.29, 1.82) is 0 Å². The van der Waals surface area contributed by atoms with Gasteiger partial charge in [-0.1, -0.05) is 115 Å². The van der Waals surface area contributed by atoms with Crippen LogP contribution in [-0.4, -0.2) is 0 Å². The molecule has 49 heavy (non-hydrogen) atoms. The Kier molecular flexibility index (Phi) is 6.18. The highest BCUT2D eigenvalue weighted by molar-refractivity contribution is 6.17. The summed E-state index contributed by atoms with van der Waals surface area (Å²) >= 11 is 0. The molecule has 0 unspecified atom stereocenters. The van der Waals surface area contributed by atoms with Crippen molar-refractivity contribution in [1.82, 2.24) is 0 Å². The van der Waals surface area contributed by atoms with E-state index in [-0.39, 0.29) is 0 Å². The van der Waals surface area contributed by atoms with Gasteiger partial charge < -0.3 is 13.7 Å². The molecule has 3 heteroatoms. The van der Waals surface area contributed by atoms with E-state index in [1.807, 2.05) is 18.2 Å². The Balaban J connectivity index is 1.27. The molecule has 10 aromatic rings. The van der Waals surface area contributed by atoms with Crippen LogP contribution in [0.1, 0.15) is 0 Å². The average molecular weight is 628 g/mol. The highest BCUT2D eigenvalue weighted by Gasteiger charge is 2.23. The molecule has 0 atom stereocenters. The highest BCUT2D eigenvalue weighted by Crippen LogP contribution is 2.48. The van der Waals surface area contributed by atoms with E-state index >= 15 is 0 Å². The molecule has 10 rings (SSSR count). The summed E-state index contributed by atoms with van der Waals surface area (Å²) in [6.07, 6.45) is 0. The summed E-state index contributed by atoms with van der Waals surface area (Å²) < 4.78 is 12.9. The van der Waals surface area contributed by atoms with Crippen molar-refractivity contribution in [2.45, 2.75) is 0 Å². The SMILES string of the molecule is c1ccc(-c2ccc(N(c3ccc4c(c3)oc3ccccc34)c3ccc4oc5ccccc5c4c3-c3ccc4ccccc4c3)cc2)cc1. The van der Waals surface area contributed by atoms with Crippen LogP contribution in [0.3, 0.4) is 0 Å². The second kappa shape index (κ2) is 11.0. The van der Waals surface area contributed by atoms with Crippen molar-refractivity contribution in [2.75, 3.05) is 4.90 Å². The highest BCUT2D eigenvalue weighted by atomic mass is 16.3. The van der Waals surface area contributed by atoms with Gasteiger partial charge in [0.15, 0.2) is 0 Å². The van der Waals surface area contributed by atoms with Crippen molar-refractivity contribution in [2.24, 2.45) is 0 Å². The van der Waals surface area contributed by atoms with Crippen molar-refractivity contribution < 1.29 is 8.83 Å². The third-order valence-corrected chi connectivity index (χ3v) is 9.65. The Morgan fingerprint density at radius 1 is 0.347 bits per heavy atom. The first-order valence-corrected chi connectivity index (χ1v) is 16.6. The molecule has 0 amide bonds. The molecule has 0 spiro atoms. The minimum absolute atomic E-state index is 0.853. The molecule has 0 aliphatic carbocycles. The summed E-state index contributed by atoms with van der Waals surface area (Å²) in [5.74, 6) is 0. The lowest BCUT2D eigenvalue weighted by molar-refractivity contribution is 0.668. The zero-order valence-electron chi connectivity index (χ0n) is 26.5. The smallest absolute Gasteiger partial charge is 0.137 e. The lowest BCUT2D eigenvalue weighted by atomic mass is 9.94. The van der Waals surface area contributed by atoms with Crippen LogP contribution in [0, 0.1) is 0 Å². The van der Waals surface area contributed by atoms with E-state index in [1.165, 1.54) is 21.9 Å². The number of hydrogen-bond acceptors (Lipinski definition) is 3. The fourth-order valence-corrected chi connectivity index (χ4v) is 7.34. The van der Waals surface area contributed by atoms with Crippen LogP contribution in [0.15, 0.2) is 185 Å². The van der Waals surface area contributed by atoms with Gasteiger partial charge in [-0.05, 0) is 82.1 Å². The molecule has 230 valence electrons. The van der Waals surface area contributed by atoms with Gasteiger partial charge in [0.1, 0.15) is 22.3 Å². The Morgan fingerprint density at radius 2 is 0.959 bits per heavy atom. The van der Waals surface area contributed by atoms with E-state index in [9.17, 15) is 0 Å². The molecule has 0 aliphatic rings. The first-order valence-electron chi connectivity index (χ1n) is 16.6. The second-order valence-electron chi connectivity index (χ2n) is 12.5. The molecule has 8 aromatic carbocycles. The maximum absolute atomic E-state index is 6.47. The Bertz CT molecular complexity index is 2830. The Morgan fingerprint density at radius 3 is 1.80 bits per heavy atom. The van der Waals surface area contributed by atoms with Gasteiger partial charge in [-0.3, -0.25) is 0 Å². The number of anilines is 3. The molecule has 0 radical (unpaired) electrons. The molecule has 0 N–H and O–H groups in total. The standard InChI is InChI=1S/C46H29NO2/c1-2-10-30(11-3-1)32-20-22-35(23-21-32)47(36-24-25-38-37-14-6-8-16-41(37)49-44(38)29-36)40-26-27-43-46(39-15-7-9-17-42(39)48-43)45(40)34-19-18-31-12-4-5-13-33(31)28-34/h1-29H. The van der Waals surface area contributed by atoms with Crippen LogP contribution in [0.25, 0.3) is 76.9 Å². The molecule has 0 fully saturated rings. The summed E-state index contributed by atoms with van der Waals surface area (Å²) in [5, 5.41) is 6.81. The third-order valence-electron chi connectivity index (χ3n) is 9.65. The maximum Gasteiger partial charge on any atom is 0.137 e. The molecule has 2 heterocycles. The van der Waals surface area contributed by atoms with Crippen LogP contribution in [-0.2, 0) is 0 Å². The molecule has 0 aliphatic heterocycles. The van der Waals surface area contributed by atoms with Gasteiger partial charge in [0, 0.05) is 44.5 Å². The Labute approximate surface area is 282 Å². The molecule has 0 saturated heterocycles. The number of hydrogen-bond donors (Lipinski definition) is 0. The van der Waals surface area contributed by atoms with Gasteiger partial charge >= 0.3 is 0 Å². The van der Waals surface area contributed by atoms with Gasteiger partial charge in [0.25, 0.3) is 0 Å². The van der Waals surface area contributed by atoms with Crippen LogP contribution in [0.2, 0.25) is 0 Å². The second-order valence-corrected chi connectivity index (χ2v) is 12.5. The van der Waals surface area contributed by atoms with Crippen LogP contribution < -0.4 is 4.90 Å². The van der Waals surface area contributed by atoms with Crippen LogP contribution in [0.5, 0.6) is 0 Å². The van der Waals surface area contributed by atoms with Gasteiger partial charge in [0.05, 0.1) is 5.69 Å². The van der Waals surface area contributed by atoms with E-state index in [1.54, 1.807) is 0 Å². The number of nitrogens with zero attached hydrogens (tertiary/aromatic N) is 1. The summed E-state index contributed by atoms with van der Waals surface area (Å²) in [7, 11) is 0. The Hall–Kier alpha value is -6.58. The lowest BCUT2D eigenvalue weighted by Crippen LogP contribution is -2.11. The number of para-hydroxylation sites is 2. The molecular formula is C46H29NO2. The number of fused-ring (bicyclic) bond motifs is 7. The molecule has 0 bridgehead atoms. The van der Waals surface area contributed by atoms with E-state index < -0.39 is 0 Å². The normalized spacial score (nSPS) is 11.7. The predicted octanol–water partition coefficient (Wildman–Crippen LogP) is 13.4. The molecule has 0 saturated carbocycles. The molecule has 2 aromatic heterocycles. The van der Waals surface area contributed by atoms with Gasteiger partial charge in [-0.25, -0.2) is 0 Å². The van der Waals surface area contributed by atoms with Crippen molar-refractivity contribution in [3.8, 4) is 22.3 Å². The van der Waals surface area contributed by atoms with Crippen molar-refractivity contribution in [3.63, 3.8) is 0 Å². The summed E-state index contributed by atoms with van der Waals surface area (Å²) in [5.41, 5.74) is 11.2. The van der Waals surface area contributed by atoms with E-state index in [2.05, 4.69) is 163 Å². The van der Waals surface area contributed by atoms with Crippen molar-refractivity contribution in [3.05, 3.63) is 176 Å². The summed E-state index contributed by atoms with van der Waals surface area (Å²) in [6.45, 7) is 0. The summed E-state index contributed by atoms with van der Waals surface area (Å²) in [6, 6.07) is 62.1. The fraction of sp³-hybridized carbons (Fsp3) is 0. The number of furan rings is 2. The van der Waals surface area contributed by atoms with Gasteiger partial charge in [0.2, 0.25) is 0 Å². The largest absolute Gasteiger partial charge is 0.456 e. The van der Waals surface area contributed by atoms with Crippen LogP contribution in [0.4, 0.5) is 17.1 Å². The third kappa shape index (κ3) is 4.51. The minimum Gasteiger partial charge on any atom is -0.456 e.